The van der Waals surface area contributed by atoms with Crippen LogP contribution in [0, 0.1) is 13.8 Å². The first-order valence-electron chi connectivity index (χ1n) is 10.8. The van der Waals surface area contributed by atoms with Gasteiger partial charge in [0.25, 0.3) is 5.91 Å². The summed E-state index contributed by atoms with van der Waals surface area (Å²) in [5.74, 6) is 1.57. The number of nitrogens with zero attached hydrogens (tertiary/aromatic N) is 1. The molecule has 0 bridgehead atoms. The van der Waals surface area contributed by atoms with Crippen LogP contribution in [0.1, 0.15) is 23.1 Å². The number of hydrogen-bond donors (Lipinski definition) is 0. The highest BCUT2D eigenvalue weighted by molar-refractivity contribution is 8.27. The van der Waals surface area contributed by atoms with Crippen LogP contribution >= 0.6 is 24.0 Å². The van der Waals surface area contributed by atoms with Crippen molar-refractivity contribution in [1.82, 2.24) is 0 Å². The van der Waals surface area contributed by atoms with Gasteiger partial charge in [-0.1, -0.05) is 66.4 Å². The summed E-state index contributed by atoms with van der Waals surface area (Å²) in [6, 6.07) is 23.3. The van der Waals surface area contributed by atoms with Gasteiger partial charge in [0.1, 0.15) is 11.5 Å². The monoisotopic (exact) mass is 475 g/mol. The molecular formula is C27H25NO3S2. The number of ether oxygens (including phenoxy) is 2. The van der Waals surface area contributed by atoms with Crippen molar-refractivity contribution in [3.05, 3.63) is 94.4 Å². The molecule has 1 aliphatic heterocycles. The number of rotatable bonds is 8. The SMILES string of the molecule is Cc1cccc(OCCCOc2cccc(/C=C3\SC(=S)N(c4ccccc4)C3=O)c2)c1C. The Kier molecular flexibility index (Phi) is 7.47. The number of para-hydroxylation sites is 1. The van der Waals surface area contributed by atoms with Gasteiger partial charge in [-0.2, -0.15) is 0 Å². The number of carbonyl (C=O) groups is 1. The molecule has 1 aliphatic rings. The number of thioether (sulfide) groups is 1. The summed E-state index contributed by atoms with van der Waals surface area (Å²) in [6.07, 6.45) is 2.63. The van der Waals surface area contributed by atoms with Crippen LogP contribution in [0.2, 0.25) is 0 Å². The Morgan fingerprint density at radius 2 is 1.70 bits per heavy atom. The molecule has 0 unspecified atom stereocenters. The van der Waals surface area contributed by atoms with Gasteiger partial charge in [-0.3, -0.25) is 9.69 Å². The van der Waals surface area contributed by atoms with Crippen LogP contribution in [0.5, 0.6) is 11.5 Å². The lowest BCUT2D eigenvalue weighted by molar-refractivity contribution is -0.113. The average molecular weight is 476 g/mol. The molecule has 3 aromatic rings. The van der Waals surface area contributed by atoms with Crippen molar-refractivity contribution in [3.8, 4) is 11.5 Å². The van der Waals surface area contributed by atoms with Gasteiger partial charge in [-0.15, -0.1) is 0 Å². The first-order chi connectivity index (χ1) is 16.0. The summed E-state index contributed by atoms with van der Waals surface area (Å²) in [5.41, 5.74) is 4.07. The van der Waals surface area contributed by atoms with E-state index >= 15 is 0 Å². The largest absolute Gasteiger partial charge is 0.493 e. The van der Waals surface area contributed by atoms with E-state index in [0.717, 1.165) is 29.2 Å². The maximum Gasteiger partial charge on any atom is 0.270 e. The van der Waals surface area contributed by atoms with E-state index < -0.39 is 0 Å². The third kappa shape index (κ3) is 5.64. The molecule has 0 saturated carbocycles. The van der Waals surface area contributed by atoms with Crippen LogP contribution in [-0.2, 0) is 4.79 Å². The molecule has 1 saturated heterocycles. The molecule has 4 nitrogen and oxygen atoms in total. The zero-order valence-corrected chi connectivity index (χ0v) is 20.2. The number of thiocarbonyl (C=S) groups is 1. The lowest BCUT2D eigenvalue weighted by Gasteiger charge is -2.13. The quantitative estimate of drug-likeness (QED) is 0.210. The Morgan fingerprint density at radius 3 is 2.52 bits per heavy atom. The zero-order valence-electron chi connectivity index (χ0n) is 18.6. The number of carbonyl (C=O) groups excluding carboxylic acids is 1. The van der Waals surface area contributed by atoms with Crippen LogP contribution in [-0.4, -0.2) is 23.4 Å². The highest BCUT2D eigenvalue weighted by atomic mass is 32.2. The summed E-state index contributed by atoms with van der Waals surface area (Å²) in [4.78, 5) is 15.1. The van der Waals surface area contributed by atoms with Gasteiger partial charge < -0.3 is 9.47 Å². The zero-order chi connectivity index (χ0) is 23.2. The molecule has 0 spiro atoms. The Bertz CT molecular complexity index is 1190. The maximum atomic E-state index is 12.9. The third-order valence-electron chi connectivity index (χ3n) is 5.33. The Balaban J connectivity index is 1.33. The number of amides is 1. The lowest BCUT2D eigenvalue weighted by Crippen LogP contribution is -2.27. The summed E-state index contributed by atoms with van der Waals surface area (Å²) < 4.78 is 12.3. The van der Waals surface area contributed by atoms with Gasteiger partial charge in [-0.05, 0) is 66.9 Å². The highest BCUT2D eigenvalue weighted by Gasteiger charge is 2.33. The topological polar surface area (TPSA) is 38.8 Å². The van der Waals surface area contributed by atoms with E-state index in [1.807, 2.05) is 72.8 Å². The van der Waals surface area contributed by atoms with E-state index in [9.17, 15) is 4.79 Å². The van der Waals surface area contributed by atoms with Crippen molar-refractivity contribution < 1.29 is 14.3 Å². The summed E-state index contributed by atoms with van der Waals surface area (Å²) in [7, 11) is 0. The lowest BCUT2D eigenvalue weighted by atomic mass is 10.1. The van der Waals surface area contributed by atoms with Crippen molar-refractivity contribution >= 4 is 46.0 Å². The second-order valence-electron chi connectivity index (χ2n) is 7.67. The van der Waals surface area contributed by atoms with Crippen LogP contribution in [0.4, 0.5) is 5.69 Å². The van der Waals surface area contributed by atoms with Crippen LogP contribution in [0.3, 0.4) is 0 Å². The Labute approximate surface area is 204 Å². The van der Waals surface area contributed by atoms with Crippen molar-refractivity contribution in [2.24, 2.45) is 0 Å². The van der Waals surface area contributed by atoms with E-state index in [4.69, 9.17) is 21.7 Å². The van der Waals surface area contributed by atoms with E-state index in [-0.39, 0.29) is 5.91 Å². The minimum absolute atomic E-state index is 0.105. The van der Waals surface area contributed by atoms with Crippen LogP contribution in [0.25, 0.3) is 6.08 Å². The second kappa shape index (κ2) is 10.7. The van der Waals surface area contributed by atoms with Gasteiger partial charge in [0.2, 0.25) is 0 Å². The van der Waals surface area contributed by atoms with Crippen molar-refractivity contribution in [3.63, 3.8) is 0 Å². The number of aryl methyl sites for hydroxylation is 1. The molecule has 3 aromatic carbocycles. The first-order valence-corrected chi connectivity index (χ1v) is 12.0. The number of hydrogen-bond acceptors (Lipinski definition) is 5. The average Bonchev–Trinajstić information content (AvgIpc) is 3.09. The van der Waals surface area contributed by atoms with Gasteiger partial charge >= 0.3 is 0 Å². The molecule has 0 N–H and O–H groups in total. The summed E-state index contributed by atoms with van der Waals surface area (Å²) in [5, 5.41) is 0. The van der Waals surface area contributed by atoms with Crippen molar-refractivity contribution in [2.75, 3.05) is 18.1 Å². The van der Waals surface area contributed by atoms with Gasteiger partial charge in [0.05, 0.1) is 23.8 Å². The van der Waals surface area contributed by atoms with Crippen molar-refractivity contribution in [2.45, 2.75) is 20.3 Å². The molecular weight excluding hydrogens is 450 g/mol. The molecule has 4 rings (SSSR count). The Morgan fingerprint density at radius 1 is 0.939 bits per heavy atom. The molecule has 168 valence electrons. The number of anilines is 1. The predicted molar refractivity (Wildman–Crippen MR) is 140 cm³/mol. The van der Waals surface area contributed by atoms with E-state index in [2.05, 4.69) is 19.9 Å². The van der Waals surface area contributed by atoms with E-state index in [1.165, 1.54) is 22.9 Å². The fraction of sp³-hybridized carbons (Fsp3) is 0.185. The normalized spacial score (nSPS) is 14.7. The molecule has 0 atom stereocenters. The van der Waals surface area contributed by atoms with Gasteiger partial charge in [-0.25, -0.2) is 0 Å². The predicted octanol–water partition coefficient (Wildman–Crippen LogP) is 6.56. The van der Waals surface area contributed by atoms with E-state index in [0.29, 0.717) is 22.4 Å². The van der Waals surface area contributed by atoms with Crippen LogP contribution in [0.15, 0.2) is 77.7 Å². The molecule has 1 amide bonds. The molecule has 0 radical (unpaired) electrons. The smallest absolute Gasteiger partial charge is 0.270 e. The maximum absolute atomic E-state index is 12.9. The first kappa shape index (κ1) is 23.1. The molecule has 1 heterocycles. The third-order valence-corrected chi connectivity index (χ3v) is 6.64. The van der Waals surface area contributed by atoms with E-state index in [1.54, 1.807) is 4.90 Å². The van der Waals surface area contributed by atoms with Crippen LogP contribution < -0.4 is 14.4 Å². The minimum Gasteiger partial charge on any atom is -0.493 e. The fourth-order valence-corrected chi connectivity index (χ4v) is 4.72. The van der Waals surface area contributed by atoms with Crippen molar-refractivity contribution in [1.29, 1.82) is 0 Å². The molecule has 6 heteroatoms. The Hall–Kier alpha value is -3.09. The highest BCUT2D eigenvalue weighted by Crippen LogP contribution is 2.36. The standard InChI is InChI=1S/C27H25NO3S2/c1-19-9-6-14-24(20(19)2)31-16-8-15-30-23-13-7-10-21(17-23)18-25-26(29)28(27(32)33-25)22-11-4-3-5-12-22/h3-7,9-14,17-18H,8,15-16H2,1-2H3/b25-18-. The number of benzene rings is 3. The molecule has 0 aromatic heterocycles. The summed E-state index contributed by atoms with van der Waals surface area (Å²) >= 11 is 6.76. The second-order valence-corrected chi connectivity index (χ2v) is 9.35. The minimum atomic E-state index is -0.105. The fourth-order valence-electron chi connectivity index (χ4n) is 3.42. The van der Waals surface area contributed by atoms with Gasteiger partial charge in [0.15, 0.2) is 4.32 Å². The summed E-state index contributed by atoms with van der Waals surface area (Å²) in [6.45, 7) is 5.29. The molecule has 1 fully saturated rings. The molecule has 0 aliphatic carbocycles. The van der Waals surface area contributed by atoms with Gasteiger partial charge in [0, 0.05) is 6.42 Å². The molecule has 33 heavy (non-hydrogen) atoms.